The fraction of sp³-hybridized carbons (Fsp3) is 0.200. The molecule has 0 unspecified atom stereocenters. The van der Waals surface area contributed by atoms with Crippen LogP contribution in [0.15, 0.2) is 31.1 Å². The zero-order valence-corrected chi connectivity index (χ0v) is 8.07. The van der Waals surface area contributed by atoms with Crippen molar-refractivity contribution in [3.63, 3.8) is 0 Å². The SMILES string of the molecule is C=CCNc1nccn2nc(C)cc12. The lowest BCUT2D eigenvalue weighted by Crippen LogP contribution is -2.02. The molecule has 0 spiro atoms. The van der Waals surface area contributed by atoms with Gasteiger partial charge in [-0.15, -0.1) is 6.58 Å². The van der Waals surface area contributed by atoms with Gasteiger partial charge in [-0.3, -0.25) is 0 Å². The van der Waals surface area contributed by atoms with Gasteiger partial charge in [-0.2, -0.15) is 5.10 Å². The average Bonchev–Trinajstić information content (AvgIpc) is 2.55. The Labute approximate surface area is 82.3 Å². The Morgan fingerprint density at radius 1 is 1.64 bits per heavy atom. The summed E-state index contributed by atoms with van der Waals surface area (Å²) < 4.78 is 1.81. The summed E-state index contributed by atoms with van der Waals surface area (Å²) in [6, 6.07) is 2.00. The second kappa shape index (κ2) is 3.49. The lowest BCUT2D eigenvalue weighted by molar-refractivity contribution is 0.922. The highest BCUT2D eigenvalue weighted by Crippen LogP contribution is 2.13. The Bertz CT molecular complexity index is 458. The van der Waals surface area contributed by atoms with E-state index in [1.807, 2.05) is 23.7 Å². The first kappa shape index (κ1) is 8.74. The summed E-state index contributed by atoms with van der Waals surface area (Å²) in [7, 11) is 0. The highest BCUT2D eigenvalue weighted by atomic mass is 15.2. The molecule has 0 aliphatic carbocycles. The summed E-state index contributed by atoms with van der Waals surface area (Å²) >= 11 is 0. The van der Waals surface area contributed by atoms with Crippen LogP contribution in [0, 0.1) is 6.92 Å². The number of fused-ring (bicyclic) bond motifs is 1. The number of nitrogens with one attached hydrogen (secondary N) is 1. The van der Waals surface area contributed by atoms with E-state index in [-0.39, 0.29) is 0 Å². The molecular formula is C10H12N4. The molecule has 0 bridgehead atoms. The van der Waals surface area contributed by atoms with Crippen LogP contribution in [0.2, 0.25) is 0 Å². The molecule has 72 valence electrons. The van der Waals surface area contributed by atoms with Crippen LogP contribution >= 0.6 is 0 Å². The van der Waals surface area contributed by atoms with Gasteiger partial charge in [-0.25, -0.2) is 9.50 Å². The summed E-state index contributed by atoms with van der Waals surface area (Å²) in [6.07, 6.45) is 5.36. The van der Waals surface area contributed by atoms with Crippen LogP contribution in [-0.2, 0) is 0 Å². The van der Waals surface area contributed by atoms with Gasteiger partial charge in [0.05, 0.1) is 5.69 Å². The van der Waals surface area contributed by atoms with E-state index in [4.69, 9.17) is 0 Å². The molecule has 0 radical (unpaired) electrons. The van der Waals surface area contributed by atoms with Crippen molar-refractivity contribution in [1.29, 1.82) is 0 Å². The molecule has 4 heteroatoms. The average molecular weight is 188 g/mol. The van der Waals surface area contributed by atoms with Gasteiger partial charge in [0.1, 0.15) is 5.52 Å². The highest BCUT2D eigenvalue weighted by Gasteiger charge is 2.02. The van der Waals surface area contributed by atoms with Gasteiger partial charge < -0.3 is 5.32 Å². The zero-order chi connectivity index (χ0) is 9.97. The van der Waals surface area contributed by atoms with Crippen molar-refractivity contribution in [3.8, 4) is 0 Å². The summed E-state index contributed by atoms with van der Waals surface area (Å²) in [6.45, 7) is 6.32. The highest BCUT2D eigenvalue weighted by molar-refractivity contribution is 5.67. The van der Waals surface area contributed by atoms with Gasteiger partial charge >= 0.3 is 0 Å². The van der Waals surface area contributed by atoms with Gasteiger partial charge in [-0.05, 0) is 13.0 Å². The number of hydrogen-bond donors (Lipinski definition) is 1. The summed E-state index contributed by atoms with van der Waals surface area (Å²) in [5.74, 6) is 0.841. The first-order valence-electron chi connectivity index (χ1n) is 4.47. The third-order valence-corrected chi connectivity index (χ3v) is 1.93. The molecule has 2 rings (SSSR count). The molecule has 0 fully saturated rings. The molecule has 4 nitrogen and oxygen atoms in total. The number of anilines is 1. The van der Waals surface area contributed by atoms with Crippen LogP contribution in [0.4, 0.5) is 5.82 Å². The number of aromatic nitrogens is 3. The largest absolute Gasteiger partial charge is 0.365 e. The summed E-state index contributed by atoms with van der Waals surface area (Å²) in [4.78, 5) is 4.24. The fourth-order valence-corrected chi connectivity index (χ4v) is 1.35. The first-order chi connectivity index (χ1) is 6.81. The lowest BCUT2D eigenvalue weighted by atomic mass is 10.4. The van der Waals surface area contributed by atoms with Crippen LogP contribution in [0.25, 0.3) is 5.52 Å². The molecule has 0 aliphatic rings. The van der Waals surface area contributed by atoms with Crippen molar-refractivity contribution in [2.75, 3.05) is 11.9 Å². The van der Waals surface area contributed by atoms with Gasteiger partial charge in [-0.1, -0.05) is 6.08 Å². The lowest BCUT2D eigenvalue weighted by Gasteiger charge is -2.02. The zero-order valence-electron chi connectivity index (χ0n) is 8.07. The number of aryl methyl sites for hydroxylation is 1. The molecule has 0 saturated heterocycles. The Morgan fingerprint density at radius 2 is 2.50 bits per heavy atom. The van der Waals surface area contributed by atoms with Crippen molar-refractivity contribution in [1.82, 2.24) is 14.6 Å². The Kier molecular flexibility index (Phi) is 2.18. The minimum Gasteiger partial charge on any atom is -0.365 e. The second-order valence-corrected chi connectivity index (χ2v) is 3.06. The van der Waals surface area contributed by atoms with Crippen LogP contribution < -0.4 is 5.32 Å². The maximum atomic E-state index is 4.29. The molecule has 2 aromatic rings. The van der Waals surface area contributed by atoms with Gasteiger partial charge in [0.2, 0.25) is 0 Å². The third kappa shape index (κ3) is 1.46. The predicted molar refractivity (Wildman–Crippen MR) is 56.4 cm³/mol. The molecule has 1 N–H and O–H groups in total. The molecule has 2 aromatic heterocycles. The topological polar surface area (TPSA) is 42.2 Å². The number of hydrogen-bond acceptors (Lipinski definition) is 3. The van der Waals surface area contributed by atoms with Crippen LogP contribution in [0.1, 0.15) is 5.69 Å². The van der Waals surface area contributed by atoms with E-state index in [1.54, 1.807) is 12.3 Å². The Hall–Kier alpha value is -1.84. The normalized spacial score (nSPS) is 10.4. The molecule has 14 heavy (non-hydrogen) atoms. The fourth-order valence-electron chi connectivity index (χ4n) is 1.35. The molecule has 0 aromatic carbocycles. The van der Waals surface area contributed by atoms with E-state index in [2.05, 4.69) is 22.0 Å². The molecule has 0 amide bonds. The third-order valence-electron chi connectivity index (χ3n) is 1.93. The summed E-state index contributed by atoms with van der Waals surface area (Å²) in [5, 5.41) is 7.45. The van der Waals surface area contributed by atoms with E-state index in [9.17, 15) is 0 Å². The molecular weight excluding hydrogens is 176 g/mol. The Balaban J connectivity index is 2.47. The number of rotatable bonds is 3. The van der Waals surface area contributed by atoms with E-state index in [0.717, 1.165) is 17.0 Å². The molecule has 0 atom stereocenters. The van der Waals surface area contributed by atoms with E-state index < -0.39 is 0 Å². The van der Waals surface area contributed by atoms with E-state index in [1.165, 1.54) is 0 Å². The maximum Gasteiger partial charge on any atom is 0.152 e. The molecule has 0 saturated carbocycles. The second-order valence-electron chi connectivity index (χ2n) is 3.06. The van der Waals surface area contributed by atoms with Crippen molar-refractivity contribution < 1.29 is 0 Å². The quantitative estimate of drug-likeness (QED) is 0.744. The van der Waals surface area contributed by atoms with Crippen molar-refractivity contribution in [3.05, 3.63) is 36.8 Å². The number of nitrogens with zero attached hydrogens (tertiary/aromatic N) is 3. The van der Waals surface area contributed by atoms with Gasteiger partial charge in [0.25, 0.3) is 0 Å². The first-order valence-corrected chi connectivity index (χ1v) is 4.47. The minimum absolute atomic E-state index is 0.705. The van der Waals surface area contributed by atoms with Crippen molar-refractivity contribution in [2.24, 2.45) is 0 Å². The van der Waals surface area contributed by atoms with Gasteiger partial charge in [0.15, 0.2) is 5.82 Å². The van der Waals surface area contributed by atoms with Crippen LogP contribution in [-0.4, -0.2) is 21.1 Å². The van der Waals surface area contributed by atoms with Crippen LogP contribution in [0.3, 0.4) is 0 Å². The smallest absolute Gasteiger partial charge is 0.152 e. The Morgan fingerprint density at radius 3 is 3.29 bits per heavy atom. The molecule has 0 aliphatic heterocycles. The van der Waals surface area contributed by atoms with Crippen molar-refractivity contribution in [2.45, 2.75) is 6.92 Å². The van der Waals surface area contributed by atoms with Crippen LogP contribution in [0.5, 0.6) is 0 Å². The molecule has 2 heterocycles. The van der Waals surface area contributed by atoms with Crippen molar-refractivity contribution >= 4 is 11.3 Å². The predicted octanol–water partition coefficient (Wildman–Crippen LogP) is 1.64. The minimum atomic E-state index is 0.705. The monoisotopic (exact) mass is 188 g/mol. The van der Waals surface area contributed by atoms with E-state index >= 15 is 0 Å². The summed E-state index contributed by atoms with van der Waals surface area (Å²) in [5.41, 5.74) is 1.98. The maximum absolute atomic E-state index is 4.29. The van der Waals surface area contributed by atoms with E-state index in [0.29, 0.717) is 6.54 Å². The standard InChI is InChI=1S/C10H12N4/c1-3-4-11-10-9-7-8(2)13-14(9)6-5-12-10/h3,5-7H,1,4H2,2H3,(H,11,12). The van der Waals surface area contributed by atoms with Gasteiger partial charge in [0, 0.05) is 18.9 Å².